The van der Waals surface area contributed by atoms with E-state index in [0.29, 0.717) is 39.2 Å². The van der Waals surface area contributed by atoms with Crippen molar-refractivity contribution in [2.75, 3.05) is 41.7 Å². The van der Waals surface area contributed by atoms with E-state index in [2.05, 4.69) is 29.7 Å². The number of hydrogen-bond donors (Lipinski definition) is 3. The minimum absolute atomic E-state index is 0.0310. The molecule has 202 valence electrons. The first-order valence-electron chi connectivity index (χ1n) is 12.6. The Morgan fingerprint density at radius 1 is 1.16 bits per heavy atom. The lowest BCUT2D eigenvalue weighted by Gasteiger charge is -2.46. The van der Waals surface area contributed by atoms with E-state index in [0.717, 1.165) is 48.8 Å². The molecule has 1 aliphatic carbocycles. The second-order valence-electron chi connectivity index (χ2n) is 11.0. The number of thiazole rings is 1. The molecule has 0 aromatic carbocycles. The molecule has 38 heavy (non-hydrogen) atoms. The first-order chi connectivity index (χ1) is 18.0. The van der Waals surface area contributed by atoms with Gasteiger partial charge in [-0.2, -0.15) is 0 Å². The van der Waals surface area contributed by atoms with Crippen LogP contribution in [-0.4, -0.2) is 56.8 Å². The van der Waals surface area contributed by atoms with Crippen LogP contribution in [0.25, 0.3) is 0 Å². The molecule has 13 heteroatoms. The van der Waals surface area contributed by atoms with Gasteiger partial charge >= 0.3 is 0 Å². The van der Waals surface area contributed by atoms with Gasteiger partial charge in [0.2, 0.25) is 0 Å². The summed E-state index contributed by atoms with van der Waals surface area (Å²) in [5.74, 6) is 2.03. The Balaban J connectivity index is 1.11. The number of anilines is 3. The molecule has 3 aliphatic rings. The summed E-state index contributed by atoms with van der Waals surface area (Å²) in [6.07, 6.45) is 6.36. The van der Waals surface area contributed by atoms with Gasteiger partial charge in [-0.1, -0.05) is 35.0 Å². The van der Waals surface area contributed by atoms with Crippen LogP contribution in [0.5, 0.6) is 0 Å². The molecular formula is C25H30Cl2N8OS2. The number of nitrogens with two attached hydrogens (primary N) is 2. The number of aliphatic hydroxyl groups is 1. The molecule has 0 radical (unpaired) electrons. The highest BCUT2D eigenvalue weighted by molar-refractivity contribution is 7.99. The Hall–Kier alpha value is -1.89. The number of fused-ring (bicyclic) bond motifs is 1. The number of rotatable bonds is 5. The molecule has 0 amide bonds. The predicted octanol–water partition coefficient (Wildman–Crippen LogP) is 4.42. The fourth-order valence-corrected chi connectivity index (χ4v) is 8.10. The van der Waals surface area contributed by atoms with Gasteiger partial charge < -0.3 is 26.4 Å². The summed E-state index contributed by atoms with van der Waals surface area (Å²) < 4.78 is 0.575. The van der Waals surface area contributed by atoms with E-state index in [1.165, 1.54) is 16.6 Å². The van der Waals surface area contributed by atoms with Gasteiger partial charge in [-0.05, 0) is 44.6 Å². The SMILES string of the molecule is CC(C)(O)C1CN(c2nccc(Sc3ncc(N4CCC5(CC4)Cc4sc(Cl)nc4[C@H]5N)nc3N)c2Cl)C1. The van der Waals surface area contributed by atoms with Crippen LogP contribution in [0.15, 0.2) is 28.4 Å². The monoisotopic (exact) mass is 592 g/mol. The van der Waals surface area contributed by atoms with Crippen LogP contribution in [0.4, 0.5) is 17.5 Å². The zero-order valence-electron chi connectivity index (χ0n) is 21.2. The van der Waals surface area contributed by atoms with Crippen molar-refractivity contribution in [3.63, 3.8) is 0 Å². The van der Waals surface area contributed by atoms with Crippen LogP contribution < -0.4 is 21.3 Å². The van der Waals surface area contributed by atoms with Crippen LogP contribution in [0.1, 0.15) is 43.3 Å². The Bertz CT molecular complexity index is 1370. The van der Waals surface area contributed by atoms with E-state index in [1.54, 1.807) is 23.7 Å². The maximum atomic E-state index is 10.2. The van der Waals surface area contributed by atoms with Crippen LogP contribution in [-0.2, 0) is 6.42 Å². The summed E-state index contributed by atoms with van der Waals surface area (Å²) >= 11 is 15.8. The Morgan fingerprint density at radius 3 is 2.55 bits per heavy atom. The first kappa shape index (κ1) is 26.3. The first-order valence-corrected chi connectivity index (χ1v) is 15.0. The molecule has 5 heterocycles. The van der Waals surface area contributed by atoms with E-state index < -0.39 is 5.60 Å². The lowest BCUT2D eigenvalue weighted by molar-refractivity contribution is 0.00438. The van der Waals surface area contributed by atoms with E-state index in [4.69, 9.17) is 34.7 Å². The van der Waals surface area contributed by atoms with Gasteiger partial charge in [0.25, 0.3) is 0 Å². The molecule has 3 aromatic rings. The summed E-state index contributed by atoms with van der Waals surface area (Å²) in [6.45, 7) is 6.75. The molecule has 3 aromatic heterocycles. The third-order valence-corrected chi connectivity index (χ3v) is 11.0. The van der Waals surface area contributed by atoms with Gasteiger partial charge in [-0.25, -0.2) is 19.9 Å². The number of aromatic nitrogens is 4. The van der Waals surface area contributed by atoms with Crippen molar-refractivity contribution in [3.05, 3.63) is 38.5 Å². The number of nitrogen functional groups attached to an aromatic ring is 1. The zero-order chi connectivity index (χ0) is 26.8. The largest absolute Gasteiger partial charge is 0.390 e. The van der Waals surface area contributed by atoms with E-state index >= 15 is 0 Å². The van der Waals surface area contributed by atoms with Crippen molar-refractivity contribution < 1.29 is 5.11 Å². The average molecular weight is 594 g/mol. The standard InChI is InChI=1S/C25H30Cl2N8OS2/c1-24(2,36)13-11-35(12-13)21-17(26)14(3-6-30-21)37-22-20(29)32-16(10-31-22)34-7-4-25(5-8-34)9-15-18(19(25)28)33-23(27)38-15/h3,6,10,13,19,36H,4-5,7-9,11-12,28H2,1-2H3,(H2,29,32)/t19-/m1/s1. The summed E-state index contributed by atoms with van der Waals surface area (Å²) in [7, 11) is 0. The third kappa shape index (κ3) is 4.61. The zero-order valence-corrected chi connectivity index (χ0v) is 24.3. The summed E-state index contributed by atoms with van der Waals surface area (Å²) in [4.78, 5) is 24.6. The summed E-state index contributed by atoms with van der Waals surface area (Å²) in [5, 5.41) is 11.4. The van der Waals surface area contributed by atoms with E-state index in [9.17, 15) is 5.11 Å². The number of nitrogens with zero attached hydrogens (tertiary/aromatic N) is 6. The summed E-state index contributed by atoms with van der Waals surface area (Å²) in [6, 6.07) is 1.78. The predicted molar refractivity (Wildman–Crippen MR) is 153 cm³/mol. The number of hydrogen-bond acceptors (Lipinski definition) is 11. The van der Waals surface area contributed by atoms with Gasteiger partial charge in [-0.15, -0.1) is 11.3 Å². The highest BCUT2D eigenvalue weighted by Gasteiger charge is 2.48. The van der Waals surface area contributed by atoms with Crippen molar-refractivity contribution in [3.8, 4) is 0 Å². The number of pyridine rings is 1. The molecular weight excluding hydrogens is 563 g/mol. The second kappa shape index (κ2) is 9.64. The number of halogens is 2. The molecule has 2 fully saturated rings. The van der Waals surface area contributed by atoms with Gasteiger partial charge in [0, 0.05) is 48.1 Å². The molecule has 0 bridgehead atoms. The van der Waals surface area contributed by atoms with Crippen molar-refractivity contribution in [1.82, 2.24) is 19.9 Å². The molecule has 1 atom stereocenters. The summed E-state index contributed by atoms with van der Waals surface area (Å²) in [5.41, 5.74) is 13.3. The Labute approximate surface area is 240 Å². The molecule has 0 unspecified atom stereocenters. The van der Waals surface area contributed by atoms with Crippen molar-refractivity contribution in [1.29, 1.82) is 0 Å². The van der Waals surface area contributed by atoms with E-state index in [1.807, 2.05) is 19.9 Å². The van der Waals surface area contributed by atoms with Crippen molar-refractivity contribution in [2.24, 2.45) is 17.1 Å². The van der Waals surface area contributed by atoms with Crippen LogP contribution >= 0.6 is 46.3 Å². The molecule has 5 N–H and O–H groups in total. The number of piperidine rings is 1. The van der Waals surface area contributed by atoms with Crippen molar-refractivity contribution >= 4 is 63.8 Å². The minimum Gasteiger partial charge on any atom is -0.390 e. The fourth-order valence-electron chi connectivity index (χ4n) is 5.62. The highest BCUT2D eigenvalue weighted by Crippen LogP contribution is 2.53. The highest BCUT2D eigenvalue weighted by atomic mass is 35.5. The normalized spacial score (nSPS) is 21.2. The lowest BCUT2D eigenvalue weighted by atomic mass is 9.73. The smallest absolute Gasteiger partial charge is 0.184 e. The topological polar surface area (TPSA) is 130 Å². The quantitative estimate of drug-likeness (QED) is 0.391. The van der Waals surface area contributed by atoms with Crippen LogP contribution in [0.2, 0.25) is 9.49 Å². The van der Waals surface area contributed by atoms with Gasteiger partial charge in [0.1, 0.15) is 16.7 Å². The second-order valence-corrected chi connectivity index (χ2v) is 14.1. The van der Waals surface area contributed by atoms with Crippen LogP contribution in [0.3, 0.4) is 0 Å². The Kier molecular flexibility index (Phi) is 6.68. The molecule has 9 nitrogen and oxygen atoms in total. The molecule has 1 spiro atoms. The molecule has 6 rings (SSSR count). The van der Waals surface area contributed by atoms with E-state index in [-0.39, 0.29) is 17.4 Å². The molecule has 2 saturated heterocycles. The van der Waals surface area contributed by atoms with Gasteiger partial charge in [0.05, 0.1) is 28.6 Å². The maximum absolute atomic E-state index is 10.2. The third-order valence-electron chi connectivity index (χ3n) is 8.23. The van der Waals surface area contributed by atoms with Crippen molar-refractivity contribution in [2.45, 2.75) is 54.7 Å². The van der Waals surface area contributed by atoms with Gasteiger partial charge in [-0.3, -0.25) is 0 Å². The average Bonchev–Trinajstić information content (AvgIpc) is 3.30. The minimum atomic E-state index is -0.724. The fraction of sp³-hybridized carbons (Fsp3) is 0.520. The molecule has 0 saturated carbocycles. The van der Waals surface area contributed by atoms with Crippen LogP contribution in [0, 0.1) is 11.3 Å². The van der Waals surface area contributed by atoms with Gasteiger partial charge in [0.15, 0.2) is 10.3 Å². The maximum Gasteiger partial charge on any atom is 0.184 e. The Morgan fingerprint density at radius 2 is 1.89 bits per heavy atom. The lowest BCUT2D eigenvalue weighted by Crippen LogP contribution is -2.56. The molecule has 2 aliphatic heterocycles.